The van der Waals surface area contributed by atoms with E-state index in [1.165, 1.54) is 0 Å². The Labute approximate surface area is 137 Å². The molecule has 1 aliphatic carbocycles. The summed E-state index contributed by atoms with van der Waals surface area (Å²) in [6.07, 6.45) is 2.51. The van der Waals surface area contributed by atoms with Crippen LogP contribution in [0.4, 0.5) is 0 Å². The molecule has 2 aliphatic heterocycles. The molecule has 0 unspecified atom stereocenters. The second-order valence-corrected chi connectivity index (χ2v) is 9.26. The molecule has 0 aromatic heterocycles. The molecular weight excluding hydrogens is 318 g/mol. The summed E-state index contributed by atoms with van der Waals surface area (Å²) in [5.41, 5.74) is 0. The average molecular weight is 343 g/mol. The second-order valence-electron chi connectivity index (χ2n) is 7.29. The van der Waals surface area contributed by atoms with E-state index < -0.39 is 16.1 Å². The summed E-state index contributed by atoms with van der Waals surface area (Å²) in [5.74, 6) is -0.0232. The van der Waals surface area contributed by atoms with Crippen molar-refractivity contribution < 1.29 is 18.0 Å². The Hall–Kier alpha value is -1.15. The van der Waals surface area contributed by atoms with Gasteiger partial charge in [-0.3, -0.25) is 14.5 Å². The normalized spacial score (nSPS) is 31.1. The molecule has 3 aliphatic rings. The monoisotopic (exact) mass is 343 g/mol. The van der Waals surface area contributed by atoms with Gasteiger partial charge in [0.05, 0.1) is 11.8 Å². The van der Waals surface area contributed by atoms with Crippen molar-refractivity contribution in [3.63, 3.8) is 0 Å². The van der Waals surface area contributed by atoms with Gasteiger partial charge in [-0.05, 0) is 25.2 Å². The lowest BCUT2D eigenvalue weighted by molar-refractivity contribution is -0.131. The van der Waals surface area contributed by atoms with Crippen LogP contribution in [-0.2, 0) is 19.6 Å². The van der Waals surface area contributed by atoms with E-state index in [9.17, 15) is 18.0 Å². The van der Waals surface area contributed by atoms with Crippen molar-refractivity contribution in [3.05, 3.63) is 0 Å². The summed E-state index contributed by atoms with van der Waals surface area (Å²) in [6, 6.07) is -0.628. The molecule has 0 aromatic rings. The average Bonchev–Trinajstić information content (AvgIpc) is 3.16. The van der Waals surface area contributed by atoms with Crippen molar-refractivity contribution in [2.75, 3.05) is 18.8 Å². The van der Waals surface area contributed by atoms with Crippen LogP contribution in [0.25, 0.3) is 0 Å². The number of nitrogens with one attached hydrogen (secondary N) is 1. The summed E-state index contributed by atoms with van der Waals surface area (Å²) < 4.78 is 25.8. The maximum Gasteiger partial charge on any atom is 0.253 e. The van der Waals surface area contributed by atoms with Crippen LogP contribution in [0.2, 0.25) is 0 Å². The molecule has 0 spiro atoms. The second kappa shape index (κ2) is 6.05. The van der Waals surface area contributed by atoms with Crippen molar-refractivity contribution in [3.8, 4) is 0 Å². The van der Waals surface area contributed by atoms with Gasteiger partial charge in [-0.1, -0.05) is 13.8 Å². The minimum Gasteiger partial charge on any atom is -0.352 e. The largest absolute Gasteiger partial charge is 0.352 e. The van der Waals surface area contributed by atoms with Gasteiger partial charge in [0.15, 0.2) is 0 Å². The highest BCUT2D eigenvalue weighted by Gasteiger charge is 2.49. The predicted molar refractivity (Wildman–Crippen MR) is 85.0 cm³/mol. The SMILES string of the molecule is CC(C)CC(=O)N[C@H]1C[C@H]2C(=O)N(C3CC3)S(=O)(=O)CCN2C1. The lowest BCUT2D eigenvalue weighted by atomic mass is 10.1. The molecule has 130 valence electrons. The maximum absolute atomic E-state index is 12.7. The highest BCUT2D eigenvalue weighted by molar-refractivity contribution is 7.89. The summed E-state index contributed by atoms with van der Waals surface area (Å²) in [6.45, 7) is 4.89. The summed E-state index contributed by atoms with van der Waals surface area (Å²) in [7, 11) is -3.49. The number of rotatable bonds is 4. The van der Waals surface area contributed by atoms with Crippen LogP contribution in [0, 0.1) is 5.92 Å². The molecule has 0 bridgehead atoms. The van der Waals surface area contributed by atoms with E-state index in [0.29, 0.717) is 31.8 Å². The first kappa shape index (κ1) is 16.7. The topological polar surface area (TPSA) is 86.8 Å². The molecule has 23 heavy (non-hydrogen) atoms. The van der Waals surface area contributed by atoms with Crippen molar-refractivity contribution in [1.82, 2.24) is 14.5 Å². The Balaban J connectivity index is 1.69. The van der Waals surface area contributed by atoms with E-state index in [4.69, 9.17) is 0 Å². The van der Waals surface area contributed by atoms with E-state index in [1.54, 1.807) is 0 Å². The van der Waals surface area contributed by atoms with Crippen molar-refractivity contribution in [2.24, 2.45) is 5.92 Å². The first-order valence-electron chi connectivity index (χ1n) is 8.37. The van der Waals surface area contributed by atoms with Gasteiger partial charge in [0, 0.05) is 31.6 Å². The minimum atomic E-state index is -3.49. The summed E-state index contributed by atoms with van der Waals surface area (Å²) in [4.78, 5) is 26.6. The van der Waals surface area contributed by atoms with Gasteiger partial charge in [-0.15, -0.1) is 0 Å². The van der Waals surface area contributed by atoms with Gasteiger partial charge in [-0.25, -0.2) is 12.7 Å². The number of hydrogen-bond acceptors (Lipinski definition) is 5. The molecule has 0 radical (unpaired) electrons. The van der Waals surface area contributed by atoms with Crippen LogP contribution >= 0.6 is 0 Å². The molecule has 2 amide bonds. The summed E-state index contributed by atoms with van der Waals surface area (Å²) in [5, 5.41) is 2.99. The Bertz CT molecular complexity index is 600. The van der Waals surface area contributed by atoms with Gasteiger partial charge < -0.3 is 5.32 Å². The zero-order valence-corrected chi connectivity index (χ0v) is 14.5. The first-order chi connectivity index (χ1) is 10.8. The molecule has 8 heteroatoms. The molecule has 7 nitrogen and oxygen atoms in total. The number of sulfonamides is 1. The number of fused-ring (bicyclic) bond motifs is 1. The van der Waals surface area contributed by atoms with E-state index in [1.807, 2.05) is 18.7 Å². The molecule has 2 atom stereocenters. The molecule has 3 fully saturated rings. The molecule has 0 aromatic carbocycles. The van der Waals surface area contributed by atoms with E-state index >= 15 is 0 Å². The lowest BCUT2D eigenvalue weighted by Gasteiger charge is -2.23. The van der Waals surface area contributed by atoms with Gasteiger partial charge in [0.2, 0.25) is 15.9 Å². The maximum atomic E-state index is 12.7. The van der Waals surface area contributed by atoms with Crippen LogP contribution in [0.1, 0.15) is 39.5 Å². The van der Waals surface area contributed by atoms with Gasteiger partial charge in [-0.2, -0.15) is 0 Å². The van der Waals surface area contributed by atoms with E-state index in [2.05, 4.69) is 5.32 Å². The van der Waals surface area contributed by atoms with Crippen LogP contribution in [0.5, 0.6) is 0 Å². The fourth-order valence-electron chi connectivity index (χ4n) is 3.50. The lowest BCUT2D eigenvalue weighted by Crippen LogP contribution is -2.45. The Morgan fingerprint density at radius 1 is 1.35 bits per heavy atom. The Morgan fingerprint density at radius 2 is 2.04 bits per heavy atom. The van der Waals surface area contributed by atoms with Crippen molar-refractivity contribution in [1.29, 1.82) is 0 Å². The standard InChI is InChI=1S/C15H25N3O4S/c1-10(2)7-14(19)16-11-8-13-15(20)18(12-3-4-12)23(21,22)6-5-17(13)9-11/h10-13H,3-9H2,1-2H3,(H,16,19)/t11-,13-/m0/s1. The van der Waals surface area contributed by atoms with Crippen molar-refractivity contribution in [2.45, 2.75) is 57.7 Å². The fraction of sp³-hybridized carbons (Fsp3) is 0.867. The zero-order valence-electron chi connectivity index (χ0n) is 13.7. The number of amides is 2. The number of carbonyl (C=O) groups is 2. The van der Waals surface area contributed by atoms with Gasteiger partial charge in [0.25, 0.3) is 5.91 Å². The molecule has 1 saturated carbocycles. The molecule has 2 heterocycles. The highest BCUT2D eigenvalue weighted by Crippen LogP contribution is 2.34. The quantitative estimate of drug-likeness (QED) is 0.772. The fourth-order valence-corrected chi connectivity index (χ4v) is 5.22. The van der Waals surface area contributed by atoms with Gasteiger partial charge >= 0.3 is 0 Å². The summed E-state index contributed by atoms with van der Waals surface area (Å²) >= 11 is 0. The molecular formula is C15H25N3O4S. The zero-order chi connectivity index (χ0) is 16.8. The van der Waals surface area contributed by atoms with E-state index in [0.717, 1.165) is 17.1 Å². The van der Waals surface area contributed by atoms with Crippen LogP contribution in [0.3, 0.4) is 0 Å². The van der Waals surface area contributed by atoms with Crippen LogP contribution in [-0.4, -0.2) is 66.4 Å². The van der Waals surface area contributed by atoms with Crippen molar-refractivity contribution >= 4 is 21.8 Å². The van der Waals surface area contributed by atoms with E-state index in [-0.39, 0.29) is 29.7 Å². The Kier molecular flexibility index (Phi) is 4.39. The van der Waals surface area contributed by atoms with Crippen LogP contribution in [0.15, 0.2) is 0 Å². The highest BCUT2D eigenvalue weighted by atomic mass is 32.2. The molecule has 1 N–H and O–H groups in total. The van der Waals surface area contributed by atoms with Gasteiger partial charge in [0.1, 0.15) is 0 Å². The smallest absolute Gasteiger partial charge is 0.253 e. The minimum absolute atomic E-state index is 0.00165. The third-order valence-electron chi connectivity index (χ3n) is 4.68. The number of hydrogen-bond donors (Lipinski definition) is 1. The van der Waals surface area contributed by atoms with Crippen LogP contribution < -0.4 is 5.32 Å². The first-order valence-corrected chi connectivity index (χ1v) is 9.98. The number of carbonyl (C=O) groups excluding carboxylic acids is 2. The third-order valence-corrected chi connectivity index (χ3v) is 6.46. The molecule has 2 saturated heterocycles. The molecule has 3 rings (SSSR count). The number of nitrogens with zero attached hydrogens (tertiary/aromatic N) is 2. The predicted octanol–water partition coefficient (Wildman–Crippen LogP) is -0.0740. The third kappa shape index (κ3) is 3.52. The Morgan fingerprint density at radius 3 is 2.65 bits per heavy atom.